The van der Waals surface area contributed by atoms with Gasteiger partial charge in [-0.15, -0.1) is 13.2 Å². The molecule has 0 aliphatic rings. The van der Waals surface area contributed by atoms with Gasteiger partial charge >= 0.3 is 6.36 Å². The second-order valence-corrected chi connectivity index (χ2v) is 4.23. The maximum atomic E-state index is 12.0. The molecule has 0 saturated heterocycles. The number of hydrogen-bond donors (Lipinski definition) is 1. The topological polar surface area (TPSA) is 44.5 Å². The van der Waals surface area contributed by atoms with Crippen LogP contribution >= 0.6 is 11.6 Å². The number of hydrogen-bond acceptors (Lipinski definition) is 3. The molecule has 0 spiro atoms. The Morgan fingerprint density at radius 2 is 1.82 bits per heavy atom. The first-order valence-corrected chi connectivity index (χ1v) is 4.97. The summed E-state index contributed by atoms with van der Waals surface area (Å²) in [5, 5.41) is -0.162. The van der Waals surface area contributed by atoms with Gasteiger partial charge in [-0.2, -0.15) is 0 Å². The van der Waals surface area contributed by atoms with Gasteiger partial charge in [0.05, 0.1) is 5.02 Å². The fourth-order valence-corrected chi connectivity index (χ4v) is 1.37. The van der Waals surface area contributed by atoms with Crippen molar-refractivity contribution in [1.82, 2.24) is 0 Å². The standard InChI is InChI=1S/C10H11ClF3NO2/c1-9(2,17-15)6-3-4-8(7(11)5-6)16-10(12,13)14/h3-5H,15H2,1-2H3. The summed E-state index contributed by atoms with van der Waals surface area (Å²) in [7, 11) is 0. The summed E-state index contributed by atoms with van der Waals surface area (Å²) in [5.74, 6) is 4.61. The minimum atomic E-state index is -4.77. The average molecular weight is 270 g/mol. The largest absolute Gasteiger partial charge is 0.573 e. The molecular formula is C10H11ClF3NO2. The van der Waals surface area contributed by atoms with E-state index in [1.807, 2.05) is 0 Å². The summed E-state index contributed by atoms with van der Waals surface area (Å²) in [6, 6.07) is 3.83. The van der Waals surface area contributed by atoms with Crippen molar-refractivity contribution in [1.29, 1.82) is 0 Å². The zero-order chi connectivity index (χ0) is 13.3. The van der Waals surface area contributed by atoms with Crippen LogP contribution in [0.4, 0.5) is 13.2 Å². The molecule has 1 rings (SSSR count). The molecule has 0 aliphatic heterocycles. The van der Waals surface area contributed by atoms with Crippen LogP contribution in [0, 0.1) is 0 Å². The third-order valence-corrected chi connectivity index (χ3v) is 2.44. The quantitative estimate of drug-likeness (QED) is 0.856. The number of halogens is 4. The normalized spacial score (nSPS) is 12.6. The molecule has 0 heterocycles. The number of alkyl halides is 3. The number of rotatable bonds is 3. The van der Waals surface area contributed by atoms with Gasteiger partial charge in [0.25, 0.3) is 0 Å². The van der Waals surface area contributed by atoms with Crippen LogP contribution in [-0.2, 0) is 10.4 Å². The SMILES string of the molecule is CC(C)(ON)c1ccc(OC(F)(F)F)c(Cl)c1. The second kappa shape index (κ2) is 4.72. The van der Waals surface area contributed by atoms with Gasteiger partial charge in [0, 0.05) is 0 Å². The van der Waals surface area contributed by atoms with Gasteiger partial charge in [-0.1, -0.05) is 17.7 Å². The van der Waals surface area contributed by atoms with Crippen LogP contribution in [0.3, 0.4) is 0 Å². The Morgan fingerprint density at radius 1 is 1.24 bits per heavy atom. The van der Waals surface area contributed by atoms with Crippen LogP contribution in [0.1, 0.15) is 19.4 Å². The van der Waals surface area contributed by atoms with E-state index < -0.39 is 17.7 Å². The second-order valence-electron chi connectivity index (χ2n) is 3.82. The van der Waals surface area contributed by atoms with E-state index in [1.165, 1.54) is 12.1 Å². The average Bonchev–Trinajstić information content (AvgIpc) is 2.19. The third kappa shape index (κ3) is 3.76. The van der Waals surface area contributed by atoms with Crippen molar-refractivity contribution in [2.75, 3.05) is 0 Å². The Hall–Kier alpha value is -0.980. The molecule has 0 saturated carbocycles. The van der Waals surface area contributed by atoms with E-state index in [2.05, 4.69) is 4.74 Å². The Kier molecular flexibility index (Phi) is 3.91. The number of benzene rings is 1. The Bertz CT molecular complexity index is 407. The highest BCUT2D eigenvalue weighted by molar-refractivity contribution is 6.32. The maximum absolute atomic E-state index is 12.0. The molecule has 0 radical (unpaired) electrons. The van der Waals surface area contributed by atoms with Gasteiger partial charge < -0.3 is 4.74 Å². The van der Waals surface area contributed by atoms with Crippen molar-refractivity contribution in [2.24, 2.45) is 5.90 Å². The molecule has 0 unspecified atom stereocenters. The van der Waals surface area contributed by atoms with Crippen molar-refractivity contribution in [3.63, 3.8) is 0 Å². The predicted molar refractivity (Wildman–Crippen MR) is 56.4 cm³/mol. The van der Waals surface area contributed by atoms with Gasteiger partial charge in [0.15, 0.2) is 0 Å². The van der Waals surface area contributed by atoms with E-state index in [9.17, 15) is 13.2 Å². The van der Waals surface area contributed by atoms with E-state index in [0.717, 1.165) is 6.07 Å². The predicted octanol–water partition coefficient (Wildman–Crippen LogP) is 3.36. The van der Waals surface area contributed by atoms with Crippen molar-refractivity contribution < 1.29 is 22.7 Å². The molecule has 3 nitrogen and oxygen atoms in total. The molecular weight excluding hydrogens is 259 g/mol. The lowest BCUT2D eigenvalue weighted by Crippen LogP contribution is -2.25. The van der Waals surface area contributed by atoms with Crippen LogP contribution in [0.25, 0.3) is 0 Å². The Morgan fingerprint density at radius 3 is 2.24 bits per heavy atom. The highest BCUT2D eigenvalue weighted by Gasteiger charge is 2.32. The fraction of sp³-hybridized carbons (Fsp3) is 0.400. The van der Waals surface area contributed by atoms with E-state index >= 15 is 0 Å². The number of ether oxygens (including phenoxy) is 1. The van der Waals surface area contributed by atoms with Gasteiger partial charge in [-0.25, -0.2) is 5.90 Å². The van der Waals surface area contributed by atoms with E-state index in [4.69, 9.17) is 22.3 Å². The maximum Gasteiger partial charge on any atom is 0.573 e. The number of nitrogens with two attached hydrogens (primary N) is 1. The first-order chi connectivity index (χ1) is 7.65. The molecule has 0 bridgehead atoms. The first kappa shape index (κ1) is 14.1. The van der Waals surface area contributed by atoms with Crippen LogP contribution in [0.5, 0.6) is 5.75 Å². The summed E-state index contributed by atoms with van der Waals surface area (Å²) < 4.78 is 39.7. The van der Waals surface area contributed by atoms with Crippen molar-refractivity contribution in [3.05, 3.63) is 28.8 Å². The molecule has 17 heavy (non-hydrogen) atoms. The minimum absolute atomic E-state index is 0.162. The molecule has 0 aliphatic carbocycles. The summed E-state index contributed by atoms with van der Waals surface area (Å²) in [4.78, 5) is 4.70. The molecule has 1 aromatic carbocycles. The molecule has 96 valence electrons. The van der Waals surface area contributed by atoms with Crippen LogP contribution < -0.4 is 10.6 Å². The van der Waals surface area contributed by atoms with Gasteiger partial charge in [-0.05, 0) is 31.5 Å². The highest BCUT2D eigenvalue weighted by atomic mass is 35.5. The van der Waals surface area contributed by atoms with Crippen molar-refractivity contribution in [3.8, 4) is 5.75 Å². The van der Waals surface area contributed by atoms with Crippen molar-refractivity contribution in [2.45, 2.75) is 25.8 Å². The summed E-state index contributed by atoms with van der Waals surface area (Å²) in [6.07, 6.45) is -4.77. The lowest BCUT2D eigenvalue weighted by atomic mass is 9.98. The van der Waals surface area contributed by atoms with E-state index in [0.29, 0.717) is 5.56 Å². The Labute approximate surface area is 101 Å². The fourth-order valence-electron chi connectivity index (χ4n) is 1.15. The molecule has 0 atom stereocenters. The summed E-state index contributed by atoms with van der Waals surface area (Å²) in [5.41, 5.74) is -0.306. The zero-order valence-corrected chi connectivity index (χ0v) is 9.89. The van der Waals surface area contributed by atoms with Gasteiger partial charge in [0.1, 0.15) is 11.4 Å². The lowest BCUT2D eigenvalue weighted by Gasteiger charge is -2.23. The highest BCUT2D eigenvalue weighted by Crippen LogP contribution is 2.34. The molecule has 0 aromatic heterocycles. The van der Waals surface area contributed by atoms with Crippen LogP contribution in [-0.4, -0.2) is 6.36 Å². The first-order valence-electron chi connectivity index (χ1n) is 4.59. The van der Waals surface area contributed by atoms with Crippen molar-refractivity contribution >= 4 is 11.6 Å². The summed E-state index contributed by atoms with van der Waals surface area (Å²) in [6.45, 7) is 3.31. The monoisotopic (exact) mass is 269 g/mol. The van der Waals surface area contributed by atoms with Gasteiger partial charge in [-0.3, -0.25) is 4.84 Å². The molecule has 7 heteroatoms. The zero-order valence-electron chi connectivity index (χ0n) is 9.14. The van der Waals surface area contributed by atoms with Crippen LogP contribution in [0.15, 0.2) is 18.2 Å². The molecule has 0 amide bonds. The minimum Gasteiger partial charge on any atom is -0.404 e. The van der Waals surface area contributed by atoms with Crippen LogP contribution in [0.2, 0.25) is 5.02 Å². The van der Waals surface area contributed by atoms with Gasteiger partial charge in [0.2, 0.25) is 0 Å². The van der Waals surface area contributed by atoms with E-state index in [1.54, 1.807) is 13.8 Å². The summed E-state index contributed by atoms with van der Waals surface area (Å²) >= 11 is 5.68. The Balaban J connectivity index is 3.02. The molecule has 1 aromatic rings. The smallest absolute Gasteiger partial charge is 0.404 e. The third-order valence-electron chi connectivity index (χ3n) is 2.15. The van der Waals surface area contributed by atoms with E-state index in [-0.39, 0.29) is 5.02 Å². The molecule has 2 N–H and O–H groups in total. The lowest BCUT2D eigenvalue weighted by molar-refractivity contribution is -0.274. The molecule has 0 fully saturated rings.